The summed E-state index contributed by atoms with van der Waals surface area (Å²) in [4.78, 5) is 12.8. The molecule has 20 heavy (non-hydrogen) atoms. The number of hydrogen-bond acceptors (Lipinski definition) is 5. The van der Waals surface area contributed by atoms with Crippen molar-refractivity contribution in [3.8, 4) is 0 Å². The molecule has 5 rings (SSSR count). The van der Waals surface area contributed by atoms with Crippen LogP contribution in [0.4, 0.5) is 0 Å². The van der Waals surface area contributed by atoms with Gasteiger partial charge in [0.1, 0.15) is 11.9 Å². The van der Waals surface area contributed by atoms with Crippen molar-refractivity contribution in [2.45, 2.75) is 57.5 Å². The largest absolute Gasteiger partial charge is 0.388 e. The van der Waals surface area contributed by atoms with Gasteiger partial charge in [0.05, 0.1) is 17.6 Å². The lowest BCUT2D eigenvalue weighted by atomic mass is 9.35. The summed E-state index contributed by atoms with van der Waals surface area (Å²) >= 11 is 0. The fraction of sp³-hybridized carbons (Fsp3) is 0.933. The van der Waals surface area contributed by atoms with Crippen molar-refractivity contribution in [1.82, 2.24) is 0 Å². The summed E-state index contributed by atoms with van der Waals surface area (Å²) in [5.74, 6) is -1.99. The van der Waals surface area contributed by atoms with Crippen molar-refractivity contribution in [1.29, 1.82) is 0 Å². The Bertz CT molecular complexity index is 534. The van der Waals surface area contributed by atoms with Crippen molar-refractivity contribution in [3.05, 3.63) is 0 Å². The van der Waals surface area contributed by atoms with Crippen molar-refractivity contribution >= 4 is 5.78 Å². The molecule has 5 nitrogen and oxygen atoms in total. The number of carbonyl (C=O) groups is 1. The van der Waals surface area contributed by atoms with E-state index in [1.807, 2.05) is 13.8 Å². The minimum Gasteiger partial charge on any atom is -0.388 e. The molecule has 5 aliphatic rings. The van der Waals surface area contributed by atoms with Crippen LogP contribution in [0.5, 0.6) is 0 Å². The maximum absolute atomic E-state index is 12.8. The number of aliphatic hydroxyl groups is 3. The van der Waals surface area contributed by atoms with Crippen LogP contribution >= 0.6 is 0 Å². The fourth-order valence-electron chi connectivity index (χ4n) is 6.15. The third-order valence-corrected chi connectivity index (χ3v) is 7.77. The highest BCUT2D eigenvalue weighted by molar-refractivity contribution is 5.91. The molecule has 0 aromatic carbocycles. The van der Waals surface area contributed by atoms with E-state index in [1.54, 1.807) is 6.92 Å². The Labute approximate surface area is 117 Å². The lowest BCUT2D eigenvalue weighted by Gasteiger charge is -2.69. The lowest BCUT2D eigenvalue weighted by molar-refractivity contribution is -0.368. The number of Topliss-reactive ketones (excluding diaryl/α,β-unsaturated/α-hetero) is 1. The molecule has 1 aliphatic heterocycles. The van der Waals surface area contributed by atoms with Crippen molar-refractivity contribution in [3.63, 3.8) is 0 Å². The minimum absolute atomic E-state index is 0.0242. The van der Waals surface area contributed by atoms with E-state index in [9.17, 15) is 20.1 Å². The number of hydrogen-bond donors (Lipinski definition) is 3. The number of ether oxygens (including phenoxy) is 1. The first-order chi connectivity index (χ1) is 9.12. The Kier molecular flexibility index (Phi) is 1.98. The normalized spacial score (nSPS) is 67.6. The molecule has 112 valence electrons. The molecule has 1 saturated heterocycles. The van der Waals surface area contributed by atoms with Gasteiger partial charge in [-0.05, 0) is 25.7 Å². The number of aliphatic hydroxyl groups excluding tert-OH is 1. The fourth-order valence-corrected chi connectivity index (χ4v) is 6.15. The molecule has 3 N–H and O–H groups in total. The van der Waals surface area contributed by atoms with E-state index in [4.69, 9.17) is 4.74 Å². The molecule has 0 aromatic rings. The highest BCUT2D eigenvalue weighted by atomic mass is 16.6. The van der Waals surface area contributed by atoms with Crippen LogP contribution in [-0.2, 0) is 9.53 Å². The van der Waals surface area contributed by atoms with Gasteiger partial charge in [-0.25, -0.2) is 0 Å². The van der Waals surface area contributed by atoms with E-state index in [1.165, 1.54) is 0 Å². The molecule has 4 aliphatic carbocycles. The van der Waals surface area contributed by atoms with E-state index in [2.05, 4.69) is 0 Å². The Balaban J connectivity index is 2.10. The maximum Gasteiger partial charge on any atom is 0.206 e. The molecule has 4 unspecified atom stereocenters. The zero-order valence-corrected chi connectivity index (χ0v) is 12.1. The van der Waals surface area contributed by atoms with E-state index < -0.39 is 33.7 Å². The van der Waals surface area contributed by atoms with Crippen molar-refractivity contribution < 1.29 is 24.9 Å². The molecule has 5 heteroatoms. The zero-order chi connectivity index (χ0) is 14.8. The summed E-state index contributed by atoms with van der Waals surface area (Å²) in [6.07, 6.45) is 0.201. The van der Waals surface area contributed by atoms with Gasteiger partial charge in [-0.2, -0.15) is 0 Å². The summed E-state index contributed by atoms with van der Waals surface area (Å²) in [5.41, 5.74) is -4.25. The lowest BCUT2D eigenvalue weighted by Crippen LogP contribution is -2.83. The van der Waals surface area contributed by atoms with Gasteiger partial charge < -0.3 is 20.1 Å². The molecule has 4 saturated carbocycles. The Morgan fingerprint density at radius 1 is 1.30 bits per heavy atom. The highest BCUT2D eigenvalue weighted by Crippen LogP contribution is 2.79. The van der Waals surface area contributed by atoms with Gasteiger partial charge in [-0.15, -0.1) is 0 Å². The van der Waals surface area contributed by atoms with Crippen LogP contribution in [0.1, 0.15) is 40.0 Å². The van der Waals surface area contributed by atoms with Gasteiger partial charge in [0.2, 0.25) is 5.79 Å². The van der Waals surface area contributed by atoms with Crippen LogP contribution in [0.15, 0.2) is 0 Å². The Morgan fingerprint density at radius 2 is 1.95 bits per heavy atom. The Hall–Kier alpha value is -0.490. The van der Waals surface area contributed by atoms with E-state index in [0.29, 0.717) is 6.42 Å². The van der Waals surface area contributed by atoms with Gasteiger partial charge >= 0.3 is 0 Å². The van der Waals surface area contributed by atoms with E-state index in [0.717, 1.165) is 6.42 Å². The number of ketones is 1. The Morgan fingerprint density at radius 3 is 2.60 bits per heavy atom. The summed E-state index contributed by atoms with van der Waals surface area (Å²) in [6, 6.07) is 0. The summed E-state index contributed by atoms with van der Waals surface area (Å²) in [6.45, 7) is 5.54. The molecule has 0 radical (unpaired) electrons. The number of carbonyl (C=O) groups excluding carboxylic acids is 1. The smallest absolute Gasteiger partial charge is 0.206 e. The maximum atomic E-state index is 12.8. The van der Waals surface area contributed by atoms with Gasteiger partial charge in [-0.1, -0.05) is 13.8 Å². The van der Waals surface area contributed by atoms with Crippen LogP contribution in [-0.4, -0.2) is 45.2 Å². The first-order valence-corrected chi connectivity index (χ1v) is 7.42. The molecule has 1 spiro atoms. The molecular weight excluding hydrogens is 260 g/mol. The molecule has 5 fully saturated rings. The summed E-state index contributed by atoms with van der Waals surface area (Å²) in [7, 11) is 0. The molecule has 0 amide bonds. The van der Waals surface area contributed by atoms with Gasteiger partial charge in [0.25, 0.3) is 0 Å². The molecule has 4 bridgehead atoms. The average molecular weight is 282 g/mol. The van der Waals surface area contributed by atoms with Crippen LogP contribution in [0.2, 0.25) is 0 Å². The molecule has 1 heterocycles. The van der Waals surface area contributed by atoms with Gasteiger partial charge in [0, 0.05) is 17.3 Å². The second kappa shape index (κ2) is 3.00. The topological polar surface area (TPSA) is 87.0 Å². The first kappa shape index (κ1) is 13.2. The average Bonchev–Trinajstić information content (AvgIpc) is 2.77. The third-order valence-electron chi connectivity index (χ3n) is 7.77. The van der Waals surface area contributed by atoms with Crippen LogP contribution in [0.3, 0.4) is 0 Å². The van der Waals surface area contributed by atoms with Gasteiger partial charge in [0.15, 0.2) is 0 Å². The monoisotopic (exact) mass is 282 g/mol. The quantitative estimate of drug-likeness (QED) is 0.591. The molecule has 7 atom stereocenters. The highest BCUT2D eigenvalue weighted by Gasteiger charge is 2.91. The molecule has 0 aromatic heterocycles. The van der Waals surface area contributed by atoms with Gasteiger partial charge in [-0.3, -0.25) is 4.79 Å². The number of rotatable bonds is 0. The van der Waals surface area contributed by atoms with Crippen LogP contribution in [0, 0.1) is 22.2 Å². The van der Waals surface area contributed by atoms with Crippen molar-refractivity contribution in [2.24, 2.45) is 22.2 Å². The predicted molar refractivity (Wildman–Crippen MR) is 68.5 cm³/mol. The first-order valence-electron chi connectivity index (χ1n) is 7.42. The summed E-state index contributed by atoms with van der Waals surface area (Å²) in [5, 5.41) is 33.3. The van der Waals surface area contributed by atoms with Crippen molar-refractivity contribution in [2.75, 3.05) is 6.61 Å². The number of fused-ring (bicyclic) bond motifs is 1. The van der Waals surface area contributed by atoms with Crippen LogP contribution < -0.4 is 0 Å². The third kappa shape index (κ3) is 0.794. The second-order valence-corrected chi connectivity index (χ2v) is 7.79. The SMILES string of the molecule is C[C@H]1CCC2(O)C13CC(=O)C1(C)C2(C)CO[C@]1(O)[C@@H]3O. The minimum atomic E-state index is -1.87. The zero-order valence-electron chi connectivity index (χ0n) is 12.1. The standard InChI is InChI=1S/C15H22O5/c1-8-4-5-14(18)11(2)7-20-15(19)10(17)13(8,14)6-9(16)12(11,15)3/h8,10,17-19H,4-7H2,1-3H3/t8-,10+,11?,12?,13?,14?,15+/m0/s1. The van der Waals surface area contributed by atoms with E-state index >= 15 is 0 Å². The predicted octanol–water partition coefficient (Wildman–Crippen LogP) is 0.212. The summed E-state index contributed by atoms with van der Waals surface area (Å²) < 4.78 is 5.56. The van der Waals surface area contributed by atoms with Crippen LogP contribution in [0.25, 0.3) is 0 Å². The molecular formula is C15H22O5. The van der Waals surface area contributed by atoms with E-state index in [-0.39, 0.29) is 24.7 Å². The second-order valence-electron chi connectivity index (χ2n) is 7.79.